The van der Waals surface area contributed by atoms with Crippen molar-refractivity contribution in [3.05, 3.63) is 24.0 Å². The molecular formula is C11H16N2O5S. The molecule has 1 heterocycles. The Kier molecular flexibility index (Phi) is 5.11. The zero-order chi connectivity index (χ0) is 14.5. The number of carboxylic acid groups (broad SMARTS) is 1. The average molecular weight is 288 g/mol. The summed E-state index contributed by atoms with van der Waals surface area (Å²) in [5, 5.41) is 11.2. The summed E-state index contributed by atoms with van der Waals surface area (Å²) in [6.07, 6.45) is 2.95. The summed E-state index contributed by atoms with van der Waals surface area (Å²) >= 11 is 0. The third-order valence-corrected chi connectivity index (χ3v) is 3.38. The molecule has 0 aliphatic heterocycles. The van der Waals surface area contributed by atoms with Crippen molar-refractivity contribution < 1.29 is 23.1 Å². The Hall–Kier alpha value is -1.83. The highest BCUT2D eigenvalue weighted by atomic mass is 32.2. The second-order valence-corrected chi connectivity index (χ2v) is 6.41. The van der Waals surface area contributed by atoms with Crippen molar-refractivity contribution in [3.63, 3.8) is 0 Å². The molecule has 1 amide bonds. The van der Waals surface area contributed by atoms with Gasteiger partial charge >= 0.3 is 5.97 Å². The van der Waals surface area contributed by atoms with E-state index in [0.29, 0.717) is 6.42 Å². The van der Waals surface area contributed by atoms with Crippen molar-refractivity contribution in [1.82, 2.24) is 9.88 Å². The van der Waals surface area contributed by atoms with Crippen LogP contribution in [0.4, 0.5) is 0 Å². The van der Waals surface area contributed by atoms with Crippen molar-refractivity contribution in [2.45, 2.75) is 13.0 Å². The Bertz CT molecular complexity index is 561. The predicted molar refractivity (Wildman–Crippen MR) is 68.7 cm³/mol. The monoisotopic (exact) mass is 288 g/mol. The lowest BCUT2D eigenvalue weighted by Crippen LogP contribution is -2.28. The predicted octanol–water partition coefficient (Wildman–Crippen LogP) is -0.263. The number of rotatable bonds is 7. The standard InChI is InChI=1S/C11H16N2O5S/c1-19(17,18)7-3-5-12-11(16)9-4-2-6-13(9)8-10(14)15/h2,4,6H,3,5,7-8H2,1H3,(H,12,16)(H,14,15). The first-order valence-corrected chi connectivity index (χ1v) is 7.68. The fourth-order valence-electron chi connectivity index (χ4n) is 1.53. The van der Waals surface area contributed by atoms with Crippen LogP contribution in [0.15, 0.2) is 18.3 Å². The van der Waals surface area contributed by atoms with E-state index in [0.717, 1.165) is 6.26 Å². The Morgan fingerprint density at radius 3 is 2.68 bits per heavy atom. The highest BCUT2D eigenvalue weighted by Gasteiger charge is 2.12. The molecule has 1 aromatic heterocycles. The number of aliphatic carboxylic acids is 1. The number of sulfone groups is 1. The molecule has 0 saturated heterocycles. The Labute approximate surface area is 111 Å². The molecule has 1 rings (SSSR count). The molecule has 0 aromatic carbocycles. The van der Waals surface area contributed by atoms with Gasteiger partial charge in [-0.2, -0.15) is 0 Å². The van der Waals surface area contributed by atoms with Crippen molar-refractivity contribution in [3.8, 4) is 0 Å². The second kappa shape index (κ2) is 6.37. The summed E-state index contributed by atoms with van der Waals surface area (Å²) in [7, 11) is -3.03. The fraction of sp³-hybridized carbons (Fsp3) is 0.455. The number of carboxylic acids is 1. The quantitative estimate of drug-likeness (QED) is 0.672. The minimum absolute atomic E-state index is 0.00339. The normalized spacial score (nSPS) is 11.2. The smallest absolute Gasteiger partial charge is 0.323 e. The van der Waals surface area contributed by atoms with Gasteiger partial charge in [0.15, 0.2) is 0 Å². The van der Waals surface area contributed by atoms with Crippen LogP contribution in [0, 0.1) is 0 Å². The molecule has 2 N–H and O–H groups in total. The van der Waals surface area contributed by atoms with Crippen LogP contribution in [0.25, 0.3) is 0 Å². The molecule has 0 saturated carbocycles. The number of amides is 1. The van der Waals surface area contributed by atoms with Crippen molar-refractivity contribution in [2.75, 3.05) is 18.6 Å². The van der Waals surface area contributed by atoms with Crippen LogP contribution in [0.2, 0.25) is 0 Å². The van der Waals surface area contributed by atoms with Gasteiger partial charge in [-0.3, -0.25) is 9.59 Å². The van der Waals surface area contributed by atoms with Crippen LogP contribution in [0.5, 0.6) is 0 Å². The molecule has 8 heteroatoms. The molecule has 106 valence electrons. The first-order chi connectivity index (χ1) is 8.79. The van der Waals surface area contributed by atoms with Crippen LogP contribution in [0.3, 0.4) is 0 Å². The summed E-state index contributed by atoms with van der Waals surface area (Å²) in [6, 6.07) is 3.09. The molecule has 1 aromatic rings. The molecule has 0 radical (unpaired) electrons. The molecule has 19 heavy (non-hydrogen) atoms. The Balaban J connectivity index is 2.50. The Morgan fingerprint density at radius 2 is 2.11 bits per heavy atom. The number of carbonyl (C=O) groups excluding carboxylic acids is 1. The van der Waals surface area contributed by atoms with Gasteiger partial charge in [0, 0.05) is 19.0 Å². The zero-order valence-electron chi connectivity index (χ0n) is 10.5. The second-order valence-electron chi connectivity index (χ2n) is 4.15. The number of hydrogen-bond donors (Lipinski definition) is 2. The van der Waals surface area contributed by atoms with E-state index in [4.69, 9.17) is 5.11 Å². The van der Waals surface area contributed by atoms with Gasteiger partial charge in [-0.1, -0.05) is 0 Å². The van der Waals surface area contributed by atoms with E-state index in [1.165, 1.54) is 16.8 Å². The Morgan fingerprint density at radius 1 is 1.42 bits per heavy atom. The summed E-state index contributed by atoms with van der Waals surface area (Å²) in [4.78, 5) is 22.4. The van der Waals surface area contributed by atoms with Crippen LogP contribution < -0.4 is 5.32 Å². The lowest BCUT2D eigenvalue weighted by molar-refractivity contribution is -0.137. The lowest BCUT2D eigenvalue weighted by Gasteiger charge is -2.07. The van der Waals surface area contributed by atoms with E-state index < -0.39 is 21.7 Å². The molecule has 0 bridgehead atoms. The van der Waals surface area contributed by atoms with Crippen molar-refractivity contribution in [2.24, 2.45) is 0 Å². The largest absolute Gasteiger partial charge is 0.480 e. The van der Waals surface area contributed by atoms with E-state index in [2.05, 4.69) is 5.32 Å². The highest BCUT2D eigenvalue weighted by molar-refractivity contribution is 7.90. The molecule has 0 unspecified atom stereocenters. The van der Waals surface area contributed by atoms with Crippen LogP contribution >= 0.6 is 0 Å². The number of nitrogens with one attached hydrogen (secondary N) is 1. The van der Waals surface area contributed by atoms with Crippen LogP contribution in [0.1, 0.15) is 16.9 Å². The SMILES string of the molecule is CS(=O)(=O)CCCNC(=O)c1cccn1CC(=O)O. The third kappa shape index (κ3) is 5.56. The lowest BCUT2D eigenvalue weighted by atomic mass is 10.3. The molecule has 0 spiro atoms. The minimum atomic E-state index is -3.03. The maximum atomic E-state index is 11.8. The average Bonchev–Trinajstić information content (AvgIpc) is 2.70. The van der Waals surface area contributed by atoms with Gasteiger partial charge in [-0.05, 0) is 18.6 Å². The zero-order valence-corrected chi connectivity index (χ0v) is 11.3. The van der Waals surface area contributed by atoms with Gasteiger partial charge in [0.1, 0.15) is 22.1 Å². The van der Waals surface area contributed by atoms with E-state index >= 15 is 0 Å². The van der Waals surface area contributed by atoms with Gasteiger partial charge in [-0.15, -0.1) is 0 Å². The number of hydrogen-bond acceptors (Lipinski definition) is 4. The van der Waals surface area contributed by atoms with Gasteiger partial charge in [0.05, 0.1) is 5.75 Å². The molecule has 0 atom stereocenters. The van der Waals surface area contributed by atoms with E-state index in [-0.39, 0.29) is 24.5 Å². The topological polar surface area (TPSA) is 105 Å². The van der Waals surface area contributed by atoms with Gasteiger partial charge in [0.2, 0.25) is 0 Å². The maximum absolute atomic E-state index is 11.8. The van der Waals surface area contributed by atoms with Gasteiger partial charge in [-0.25, -0.2) is 8.42 Å². The van der Waals surface area contributed by atoms with Crippen molar-refractivity contribution >= 4 is 21.7 Å². The summed E-state index contributed by atoms with van der Waals surface area (Å²) in [5.74, 6) is -1.45. The molecule has 0 aliphatic rings. The van der Waals surface area contributed by atoms with Gasteiger partial charge in [0.25, 0.3) is 5.91 Å². The van der Waals surface area contributed by atoms with E-state index in [9.17, 15) is 18.0 Å². The number of aromatic nitrogens is 1. The number of carbonyl (C=O) groups is 2. The van der Waals surface area contributed by atoms with Crippen molar-refractivity contribution in [1.29, 1.82) is 0 Å². The first-order valence-electron chi connectivity index (χ1n) is 5.62. The third-order valence-electron chi connectivity index (χ3n) is 2.35. The fourth-order valence-corrected chi connectivity index (χ4v) is 2.20. The van der Waals surface area contributed by atoms with Crippen LogP contribution in [-0.4, -0.2) is 48.5 Å². The molecule has 0 aliphatic carbocycles. The maximum Gasteiger partial charge on any atom is 0.323 e. The molecular weight excluding hydrogens is 272 g/mol. The van der Waals surface area contributed by atoms with Gasteiger partial charge < -0.3 is 15.0 Å². The minimum Gasteiger partial charge on any atom is -0.480 e. The van der Waals surface area contributed by atoms with Crippen LogP contribution in [-0.2, 0) is 21.2 Å². The molecule has 0 fully saturated rings. The van der Waals surface area contributed by atoms with E-state index in [1.54, 1.807) is 6.07 Å². The highest BCUT2D eigenvalue weighted by Crippen LogP contribution is 2.02. The summed E-state index contributed by atoms with van der Waals surface area (Å²) in [6.45, 7) is -0.0662. The molecule has 7 nitrogen and oxygen atoms in total. The summed E-state index contributed by atoms with van der Waals surface area (Å²) in [5.41, 5.74) is 0.238. The first kappa shape index (κ1) is 15.2. The number of nitrogens with zero attached hydrogens (tertiary/aromatic N) is 1. The summed E-state index contributed by atoms with van der Waals surface area (Å²) < 4.78 is 23.1. The van der Waals surface area contributed by atoms with E-state index in [1.807, 2.05) is 0 Å².